The van der Waals surface area contributed by atoms with Crippen molar-refractivity contribution >= 4 is 15.7 Å². The molecule has 0 aromatic heterocycles. The van der Waals surface area contributed by atoms with Crippen molar-refractivity contribution in [1.29, 1.82) is 0 Å². The van der Waals surface area contributed by atoms with E-state index in [9.17, 15) is 13.5 Å². The maximum Gasteiger partial charge on any atom is 0.209 e. The fourth-order valence-corrected chi connectivity index (χ4v) is 1.88. The molecular formula is C10H16N2O3S. The van der Waals surface area contributed by atoms with Crippen LogP contribution < -0.4 is 10.5 Å². The minimum absolute atomic E-state index is 0.00451. The Morgan fingerprint density at radius 3 is 2.56 bits per heavy atom. The number of nitrogens with two attached hydrogens (primary N) is 1. The normalized spacial score (nSPS) is 11.3. The lowest BCUT2D eigenvalue weighted by Gasteiger charge is -2.07. The summed E-state index contributed by atoms with van der Waals surface area (Å²) in [7, 11) is -3.35. The number of primary sulfonamides is 1. The number of unbranched alkanes of at least 4 members (excludes halogenated alkanes) is 1. The number of hydrogen-bond donors (Lipinski definition) is 3. The van der Waals surface area contributed by atoms with Gasteiger partial charge in [-0.25, -0.2) is 13.6 Å². The zero-order valence-corrected chi connectivity index (χ0v) is 9.70. The Labute approximate surface area is 95.3 Å². The lowest BCUT2D eigenvalue weighted by atomic mass is 10.2. The van der Waals surface area contributed by atoms with Crippen LogP contribution in [0.3, 0.4) is 0 Å². The molecule has 1 aromatic carbocycles. The van der Waals surface area contributed by atoms with Crippen LogP contribution in [0.2, 0.25) is 0 Å². The highest BCUT2D eigenvalue weighted by Crippen LogP contribution is 2.21. The molecule has 0 unspecified atom stereocenters. The van der Waals surface area contributed by atoms with E-state index < -0.39 is 10.0 Å². The molecule has 0 atom stereocenters. The SMILES string of the molecule is NS(=O)(=O)CCCCNc1ccccc1O. The summed E-state index contributed by atoms with van der Waals surface area (Å²) in [5.74, 6) is 0.184. The molecule has 0 amide bonds. The number of rotatable bonds is 6. The number of benzene rings is 1. The number of anilines is 1. The maximum absolute atomic E-state index is 10.6. The summed E-state index contributed by atoms with van der Waals surface area (Å²) < 4.78 is 21.3. The second-order valence-corrected chi connectivity index (χ2v) is 5.25. The van der Waals surface area contributed by atoms with E-state index in [2.05, 4.69) is 5.32 Å². The fourth-order valence-electron chi connectivity index (χ4n) is 1.27. The number of para-hydroxylation sites is 2. The van der Waals surface area contributed by atoms with Crippen molar-refractivity contribution in [2.45, 2.75) is 12.8 Å². The Balaban J connectivity index is 2.24. The molecule has 0 aliphatic rings. The molecule has 0 aliphatic carbocycles. The second kappa shape index (κ2) is 5.72. The van der Waals surface area contributed by atoms with Gasteiger partial charge in [0.2, 0.25) is 10.0 Å². The van der Waals surface area contributed by atoms with Crippen LogP contribution >= 0.6 is 0 Å². The third-order valence-corrected chi connectivity index (χ3v) is 2.93. The molecule has 0 spiro atoms. The highest BCUT2D eigenvalue weighted by Gasteiger charge is 2.02. The molecule has 0 fully saturated rings. The van der Waals surface area contributed by atoms with E-state index in [1.807, 2.05) is 6.07 Å². The molecular weight excluding hydrogens is 228 g/mol. The van der Waals surface area contributed by atoms with E-state index in [4.69, 9.17) is 5.14 Å². The van der Waals surface area contributed by atoms with E-state index in [1.54, 1.807) is 18.2 Å². The second-order valence-electron chi connectivity index (χ2n) is 3.52. The quantitative estimate of drug-likeness (QED) is 0.511. The van der Waals surface area contributed by atoms with Crippen LogP contribution in [0.5, 0.6) is 5.75 Å². The van der Waals surface area contributed by atoms with Crippen LogP contribution in [0.1, 0.15) is 12.8 Å². The number of hydrogen-bond acceptors (Lipinski definition) is 4. The summed E-state index contributed by atoms with van der Waals surface area (Å²) in [6.45, 7) is 0.604. The molecule has 1 rings (SSSR count). The van der Waals surface area contributed by atoms with Crippen molar-refractivity contribution in [3.05, 3.63) is 24.3 Å². The summed E-state index contributed by atoms with van der Waals surface area (Å²) in [6.07, 6.45) is 1.20. The Bertz CT molecular complexity index is 431. The summed E-state index contributed by atoms with van der Waals surface area (Å²) >= 11 is 0. The number of aromatic hydroxyl groups is 1. The first kappa shape index (κ1) is 12.8. The highest BCUT2D eigenvalue weighted by atomic mass is 32.2. The number of phenolic OH excluding ortho intramolecular Hbond substituents is 1. The summed E-state index contributed by atoms with van der Waals surface area (Å²) in [5, 5.41) is 17.3. The van der Waals surface area contributed by atoms with Crippen LogP contribution in [0.4, 0.5) is 5.69 Å². The van der Waals surface area contributed by atoms with Crippen LogP contribution in [-0.4, -0.2) is 25.8 Å². The van der Waals surface area contributed by atoms with Crippen molar-refractivity contribution < 1.29 is 13.5 Å². The predicted molar refractivity (Wildman–Crippen MR) is 63.8 cm³/mol. The van der Waals surface area contributed by atoms with E-state index >= 15 is 0 Å². The Morgan fingerprint density at radius 2 is 1.94 bits per heavy atom. The minimum atomic E-state index is -3.35. The molecule has 0 radical (unpaired) electrons. The lowest BCUT2D eigenvalue weighted by Crippen LogP contribution is -2.17. The first-order chi connectivity index (χ1) is 7.49. The molecule has 5 nitrogen and oxygen atoms in total. The van der Waals surface area contributed by atoms with Gasteiger partial charge >= 0.3 is 0 Å². The number of sulfonamides is 1. The van der Waals surface area contributed by atoms with Gasteiger partial charge < -0.3 is 10.4 Å². The average molecular weight is 244 g/mol. The van der Waals surface area contributed by atoms with E-state index in [1.165, 1.54) is 0 Å². The van der Waals surface area contributed by atoms with Crippen molar-refractivity contribution in [3.8, 4) is 5.75 Å². The van der Waals surface area contributed by atoms with Crippen LogP contribution in [-0.2, 0) is 10.0 Å². The smallest absolute Gasteiger partial charge is 0.209 e. The first-order valence-electron chi connectivity index (χ1n) is 5.01. The van der Waals surface area contributed by atoms with Crippen LogP contribution in [0.25, 0.3) is 0 Å². The number of nitrogens with one attached hydrogen (secondary N) is 1. The third kappa shape index (κ3) is 4.99. The Morgan fingerprint density at radius 1 is 1.25 bits per heavy atom. The van der Waals surface area contributed by atoms with Gasteiger partial charge in [0.05, 0.1) is 11.4 Å². The zero-order valence-electron chi connectivity index (χ0n) is 8.89. The summed E-state index contributed by atoms with van der Waals surface area (Å²) in [6, 6.07) is 6.90. The predicted octanol–water partition coefficient (Wildman–Crippen LogP) is 0.873. The molecule has 0 saturated heterocycles. The van der Waals surface area contributed by atoms with Gasteiger partial charge in [-0.2, -0.15) is 0 Å². The lowest BCUT2D eigenvalue weighted by molar-refractivity contribution is 0.477. The van der Waals surface area contributed by atoms with E-state index in [-0.39, 0.29) is 11.5 Å². The van der Waals surface area contributed by atoms with Crippen molar-refractivity contribution in [2.24, 2.45) is 5.14 Å². The topological polar surface area (TPSA) is 92.4 Å². The average Bonchev–Trinajstić information content (AvgIpc) is 2.18. The van der Waals surface area contributed by atoms with Crippen LogP contribution in [0, 0.1) is 0 Å². The Kier molecular flexibility index (Phi) is 4.57. The standard InChI is InChI=1S/C10H16N2O3S/c11-16(14,15)8-4-3-7-12-9-5-1-2-6-10(9)13/h1-2,5-6,12-13H,3-4,7-8H2,(H2,11,14,15). The molecule has 0 aliphatic heterocycles. The molecule has 4 N–H and O–H groups in total. The molecule has 16 heavy (non-hydrogen) atoms. The van der Waals surface area contributed by atoms with Crippen LogP contribution in [0.15, 0.2) is 24.3 Å². The van der Waals surface area contributed by atoms with Gasteiger partial charge in [-0.1, -0.05) is 12.1 Å². The molecule has 0 bridgehead atoms. The van der Waals surface area contributed by atoms with Gasteiger partial charge in [-0.05, 0) is 25.0 Å². The third-order valence-electron chi connectivity index (χ3n) is 2.08. The first-order valence-corrected chi connectivity index (χ1v) is 6.73. The van der Waals surface area contributed by atoms with Gasteiger partial charge in [0.15, 0.2) is 0 Å². The van der Waals surface area contributed by atoms with Crippen molar-refractivity contribution in [1.82, 2.24) is 0 Å². The Hall–Kier alpha value is -1.27. The fraction of sp³-hybridized carbons (Fsp3) is 0.400. The van der Waals surface area contributed by atoms with Crippen molar-refractivity contribution in [3.63, 3.8) is 0 Å². The van der Waals surface area contributed by atoms with E-state index in [0.29, 0.717) is 25.1 Å². The minimum Gasteiger partial charge on any atom is -0.506 e. The summed E-state index contributed by atoms with van der Waals surface area (Å²) in [5.41, 5.74) is 0.651. The maximum atomic E-state index is 10.6. The molecule has 0 saturated carbocycles. The zero-order chi connectivity index (χ0) is 12.0. The van der Waals surface area contributed by atoms with Gasteiger partial charge in [0.25, 0.3) is 0 Å². The molecule has 1 aromatic rings. The van der Waals surface area contributed by atoms with Gasteiger partial charge in [-0.15, -0.1) is 0 Å². The monoisotopic (exact) mass is 244 g/mol. The molecule has 90 valence electrons. The number of phenols is 1. The summed E-state index contributed by atoms with van der Waals surface area (Å²) in [4.78, 5) is 0. The largest absolute Gasteiger partial charge is 0.506 e. The van der Waals surface area contributed by atoms with Gasteiger partial charge in [-0.3, -0.25) is 0 Å². The molecule has 6 heteroatoms. The van der Waals surface area contributed by atoms with Crippen molar-refractivity contribution in [2.75, 3.05) is 17.6 Å². The van der Waals surface area contributed by atoms with Gasteiger partial charge in [0, 0.05) is 6.54 Å². The van der Waals surface area contributed by atoms with Gasteiger partial charge in [0.1, 0.15) is 5.75 Å². The van der Waals surface area contributed by atoms with E-state index in [0.717, 1.165) is 0 Å². The molecule has 0 heterocycles. The highest BCUT2D eigenvalue weighted by molar-refractivity contribution is 7.89.